The number of aryl methyl sites for hydroxylation is 4. The smallest absolute Gasteiger partial charge is 0.295 e. The van der Waals surface area contributed by atoms with Gasteiger partial charge in [0.05, 0.1) is 0 Å². The Labute approximate surface area is 360 Å². The maximum absolute atomic E-state index is 4.60. The third-order valence-electron chi connectivity index (χ3n) is 11.1. The fourth-order valence-electron chi connectivity index (χ4n) is 7.76. The van der Waals surface area contributed by atoms with Gasteiger partial charge in [0.1, 0.15) is 0 Å². The largest absolute Gasteiger partial charge is 2.00 e. The molecule has 286 valence electrons. The van der Waals surface area contributed by atoms with E-state index in [1.807, 2.05) is 12.4 Å². The summed E-state index contributed by atoms with van der Waals surface area (Å²) in [6.45, 7) is 8.67. The van der Waals surface area contributed by atoms with Crippen molar-refractivity contribution in [3.05, 3.63) is 168 Å². The number of pyridine rings is 2. The first-order chi connectivity index (χ1) is 27.5. The van der Waals surface area contributed by atoms with E-state index in [0.717, 1.165) is 11.4 Å². The Kier molecular flexibility index (Phi) is 15.2. The van der Waals surface area contributed by atoms with Gasteiger partial charge in [-0.15, -0.1) is 69.1 Å². The van der Waals surface area contributed by atoms with E-state index in [1.54, 1.807) is 0 Å². The first-order valence-electron chi connectivity index (χ1n) is 20.9. The molecule has 8 rings (SSSR count). The van der Waals surface area contributed by atoms with E-state index in [1.165, 1.54) is 141 Å². The van der Waals surface area contributed by atoms with Crippen LogP contribution in [0.1, 0.15) is 87.5 Å². The summed E-state index contributed by atoms with van der Waals surface area (Å²) in [5.74, 6) is 0. The van der Waals surface area contributed by atoms with E-state index in [0.29, 0.717) is 0 Å². The quantitative estimate of drug-likeness (QED) is 0.0806. The molecule has 57 heavy (non-hydrogen) atoms. The third kappa shape index (κ3) is 10.8. The van der Waals surface area contributed by atoms with Gasteiger partial charge in [0.25, 0.3) is 0 Å². The van der Waals surface area contributed by atoms with Crippen LogP contribution in [0.25, 0.3) is 66.3 Å². The van der Waals surface area contributed by atoms with Crippen LogP contribution in [0.15, 0.2) is 146 Å². The number of rotatable bonds is 14. The summed E-state index contributed by atoms with van der Waals surface area (Å²) in [6.07, 6.45) is 16.8. The number of unbranched alkanes of at least 4 members (excludes halogenated alkanes) is 6. The Balaban J connectivity index is 0.000000189. The van der Waals surface area contributed by atoms with Crippen molar-refractivity contribution in [3.8, 4) is 44.8 Å². The number of fused-ring (bicyclic) bond motifs is 2. The number of hydrogen-bond donors (Lipinski definition) is 0. The SMILES string of the molecule is CCCCCCc1ccc(-c2cccc3[cH-]c(-c4ccc(C)cn4)cc23)cc1.CCCCCCc1ccc(-c2cccc3[cH-]c(-c4ccc(C)cn4)cc23)cc1.[Zr+2]. The molecule has 0 atom stereocenters. The van der Waals surface area contributed by atoms with Crippen LogP contribution in [-0.4, -0.2) is 9.97 Å². The standard InChI is InChI=1S/2C27H28N.Zr/c2*1-3-4-5-6-8-21-12-14-22(15-13-21)25-10-7-9-23-17-24(18-26(23)25)27-16-11-20(2)19-28-27;/h2*7,9-19H,3-6,8H2,1-2H3;/q2*-1;+2. The fraction of sp³-hybridized carbons (Fsp3) is 0.259. The van der Waals surface area contributed by atoms with Crippen molar-refractivity contribution in [2.45, 2.75) is 91.9 Å². The molecule has 0 amide bonds. The van der Waals surface area contributed by atoms with Gasteiger partial charge in [-0.3, -0.25) is 9.97 Å². The third-order valence-corrected chi connectivity index (χ3v) is 11.1. The summed E-state index contributed by atoms with van der Waals surface area (Å²) in [5.41, 5.74) is 14.9. The monoisotopic (exact) mass is 822 g/mol. The molecule has 0 bridgehead atoms. The second-order valence-electron chi connectivity index (χ2n) is 15.6. The van der Waals surface area contributed by atoms with E-state index in [-0.39, 0.29) is 26.2 Å². The van der Waals surface area contributed by atoms with E-state index in [2.05, 4.69) is 171 Å². The van der Waals surface area contributed by atoms with Crippen LogP contribution >= 0.6 is 0 Å². The Morgan fingerprint density at radius 1 is 0.456 bits per heavy atom. The van der Waals surface area contributed by atoms with Crippen molar-refractivity contribution < 1.29 is 26.2 Å². The Hall–Kier alpha value is -4.72. The minimum absolute atomic E-state index is 0. The molecular weight excluding hydrogens is 768 g/mol. The van der Waals surface area contributed by atoms with Crippen LogP contribution in [0.3, 0.4) is 0 Å². The number of benzene rings is 4. The maximum atomic E-state index is 4.60. The van der Waals surface area contributed by atoms with Crippen molar-refractivity contribution in [1.29, 1.82) is 0 Å². The average molecular weight is 824 g/mol. The summed E-state index contributed by atoms with van der Waals surface area (Å²) in [5, 5.41) is 5.16. The second-order valence-corrected chi connectivity index (χ2v) is 15.6. The second kappa shape index (κ2) is 20.6. The van der Waals surface area contributed by atoms with Crippen LogP contribution in [-0.2, 0) is 39.0 Å². The molecule has 0 fully saturated rings. The molecule has 0 saturated heterocycles. The molecular formula is C54H56N2Zr. The topological polar surface area (TPSA) is 25.8 Å². The molecule has 0 unspecified atom stereocenters. The van der Waals surface area contributed by atoms with Gasteiger partial charge in [-0.05, 0) is 72.9 Å². The molecule has 2 nitrogen and oxygen atoms in total. The zero-order chi connectivity index (χ0) is 38.7. The molecule has 0 saturated carbocycles. The molecule has 8 aromatic rings. The number of aromatic nitrogens is 2. The molecule has 0 spiro atoms. The van der Waals surface area contributed by atoms with E-state index in [4.69, 9.17) is 0 Å². The van der Waals surface area contributed by atoms with Crippen LogP contribution in [0, 0.1) is 13.8 Å². The Bertz CT molecular complexity index is 2250. The van der Waals surface area contributed by atoms with Crippen molar-refractivity contribution in [2.75, 3.05) is 0 Å². The minimum atomic E-state index is 0. The first kappa shape index (κ1) is 41.9. The predicted octanol–water partition coefficient (Wildman–Crippen LogP) is 15.4. The first-order valence-corrected chi connectivity index (χ1v) is 20.9. The molecule has 0 aliphatic rings. The fourth-order valence-corrected chi connectivity index (χ4v) is 7.76. The van der Waals surface area contributed by atoms with Gasteiger partial charge in [-0.2, -0.15) is 0 Å². The predicted molar refractivity (Wildman–Crippen MR) is 242 cm³/mol. The normalized spacial score (nSPS) is 11.0. The number of hydrogen-bond acceptors (Lipinski definition) is 2. The van der Waals surface area contributed by atoms with E-state index >= 15 is 0 Å². The molecule has 6 aromatic carbocycles. The van der Waals surface area contributed by atoms with Crippen molar-refractivity contribution in [2.24, 2.45) is 0 Å². The molecule has 0 radical (unpaired) electrons. The molecule has 2 aromatic heterocycles. The zero-order valence-corrected chi connectivity index (χ0v) is 36.8. The van der Waals surface area contributed by atoms with Gasteiger partial charge >= 0.3 is 26.2 Å². The molecule has 3 heteroatoms. The summed E-state index contributed by atoms with van der Waals surface area (Å²) in [6, 6.07) is 49.0. The molecule has 0 N–H and O–H groups in total. The van der Waals surface area contributed by atoms with Gasteiger partial charge in [-0.1, -0.05) is 161 Å². The average Bonchev–Trinajstić information content (AvgIpc) is 3.88. The summed E-state index contributed by atoms with van der Waals surface area (Å²) < 4.78 is 0. The van der Waals surface area contributed by atoms with Crippen LogP contribution < -0.4 is 0 Å². The zero-order valence-electron chi connectivity index (χ0n) is 34.3. The van der Waals surface area contributed by atoms with Crippen LogP contribution in [0.5, 0.6) is 0 Å². The Morgan fingerprint density at radius 3 is 1.25 bits per heavy atom. The van der Waals surface area contributed by atoms with Crippen molar-refractivity contribution >= 4 is 21.5 Å². The van der Waals surface area contributed by atoms with Gasteiger partial charge in [0.15, 0.2) is 0 Å². The van der Waals surface area contributed by atoms with Gasteiger partial charge in [-0.25, -0.2) is 0 Å². The number of nitrogens with zero attached hydrogens (tertiary/aromatic N) is 2. The minimum Gasteiger partial charge on any atom is -0.295 e. The van der Waals surface area contributed by atoms with Crippen molar-refractivity contribution in [3.63, 3.8) is 0 Å². The molecule has 0 aliphatic heterocycles. The Morgan fingerprint density at radius 2 is 0.877 bits per heavy atom. The molecule has 0 aliphatic carbocycles. The van der Waals surface area contributed by atoms with Gasteiger partial charge in [0, 0.05) is 23.8 Å². The summed E-state index contributed by atoms with van der Waals surface area (Å²) in [4.78, 5) is 9.20. The van der Waals surface area contributed by atoms with E-state index in [9.17, 15) is 0 Å². The van der Waals surface area contributed by atoms with Crippen LogP contribution in [0.2, 0.25) is 0 Å². The molecule has 2 heterocycles. The maximum Gasteiger partial charge on any atom is 2.00 e. The van der Waals surface area contributed by atoms with Crippen LogP contribution in [0.4, 0.5) is 0 Å². The van der Waals surface area contributed by atoms with Gasteiger partial charge in [0.2, 0.25) is 0 Å². The van der Waals surface area contributed by atoms with E-state index < -0.39 is 0 Å². The van der Waals surface area contributed by atoms with Crippen molar-refractivity contribution in [1.82, 2.24) is 9.97 Å². The summed E-state index contributed by atoms with van der Waals surface area (Å²) in [7, 11) is 0. The summed E-state index contributed by atoms with van der Waals surface area (Å²) >= 11 is 0. The van der Waals surface area contributed by atoms with Gasteiger partial charge < -0.3 is 0 Å².